The zero-order valence-corrected chi connectivity index (χ0v) is 11.2. The van der Waals surface area contributed by atoms with Crippen LogP contribution in [0.2, 0.25) is 5.02 Å². The van der Waals surface area contributed by atoms with E-state index in [1.165, 1.54) is 10.6 Å². The molecular formula is C10H14ClNO3S. The first-order chi connectivity index (χ1) is 7.16. The first-order valence-corrected chi connectivity index (χ1v) is 7.05. The number of hydrogen-bond acceptors (Lipinski definition) is 3. The maximum absolute atomic E-state index is 12.0. The van der Waals surface area contributed by atoms with Crippen LogP contribution >= 0.6 is 11.6 Å². The Morgan fingerprint density at radius 1 is 1.38 bits per heavy atom. The molecule has 6 heteroatoms. The molecule has 0 bridgehead atoms. The smallest absolute Gasteiger partial charge is 0.271 e. The third-order valence-electron chi connectivity index (χ3n) is 2.23. The monoisotopic (exact) mass is 263 g/mol. The minimum Gasteiger partial charge on any atom is -0.309 e. The topological polar surface area (TPSA) is 56.1 Å². The molecule has 0 saturated carbocycles. The maximum atomic E-state index is 12.0. The van der Waals surface area contributed by atoms with E-state index in [1.807, 2.05) is 13.8 Å². The molecule has 0 fully saturated rings. The maximum Gasteiger partial charge on any atom is 0.271 e. The summed E-state index contributed by atoms with van der Waals surface area (Å²) in [5.41, 5.74) is 0.0971. The van der Waals surface area contributed by atoms with Crippen molar-refractivity contribution in [2.75, 3.05) is 6.26 Å². The lowest BCUT2D eigenvalue weighted by Gasteiger charge is -2.15. The molecule has 0 radical (unpaired) electrons. The standard InChI is InChI=1S/C10H14ClNO3S/c1-6(2)12-7(3)5-8(11)9(10(12)13)16(4,14)15/h5-6H,1-4H3. The molecule has 0 atom stereocenters. The largest absolute Gasteiger partial charge is 0.309 e. The highest BCUT2D eigenvalue weighted by Gasteiger charge is 2.21. The van der Waals surface area contributed by atoms with E-state index in [0.717, 1.165) is 6.26 Å². The van der Waals surface area contributed by atoms with Crippen LogP contribution in [0.1, 0.15) is 25.6 Å². The van der Waals surface area contributed by atoms with Crippen molar-refractivity contribution in [3.05, 3.63) is 27.1 Å². The van der Waals surface area contributed by atoms with Crippen molar-refractivity contribution in [3.63, 3.8) is 0 Å². The van der Waals surface area contributed by atoms with Gasteiger partial charge >= 0.3 is 0 Å². The molecule has 0 saturated heterocycles. The second-order valence-electron chi connectivity index (χ2n) is 4.00. The predicted molar refractivity (Wildman–Crippen MR) is 63.9 cm³/mol. The van der Waals surface area contributed by atoms with Crippen molar-refractivity contribution in [3.8, 4) is 0 Å². The number of aromatic nitrogens is 1. The van der Waals surface area contributed by atoms with E-state index in [1.54, 1.807) is 6.92 Å². The van der Waals surface area contributed by atoms with Crippen LogP contribution in [0.15, 0.2) is 15.8 Å². The van der Waals surface area contributed by atoms with Crippen molar-refractivity contribution in [1.82, 2.24) is 4.57 Å². The normalized spacial score (nSPS) is 12.1. The van der Waals surface area contributed by atoms with Crippen molar-refractivity contribution < 1.29 is 8.42 Å². The minimum absolute atomic E-state index is 0.0121. The molecule has 0 N–H and O–H groups in total. The van der Waals surface area contributed by atoms with Gasteiger partial charge in [-0.25, -0.2) is 8.42 Å². The van der Waals surface area contributed by atoms with Gasteiger partial charge in [0.25, 0.3) is 5.56 Å². The lowest BCUT2D eigenvalue weighted by Crippen LogP contribution is -2.29. The van der Waals surface area contributed by atoms with Crippen LogP contribution in [0, 0.1) is 6.92 Å². The van der Waals surface area contributed by atoms with E-state index < -0.39 is 15.4 Å². The Kier molecular flexibility index (Phi) is 3.50. The lowest BCUT2D eigenvalue weighted by molar-refractivity contribution is 0.548. The van der Waals surface area contributed by atoms with Crippen LogP contribution in [0.25, 0.3) is 0 Å². The second-order valence-corrected chi connectivity index (χ2v) is 6.36. The summed E-state index contributed by atoms with van der Waals surface area (Å²) in [5, 5.41) is -0.0121. The Hall–Kier alpha value is -0.810. The molecule has 16 heavy (non-hydrogen) atoms. The van der Waals surface area contributed by atoms with Crippen LogP contribution in [0.4, 0.5) is 0 Å². The first kappa shape index (κ1) is 13.3. The van der Waals surface area contributed by atoms with E-state index >= 15 is 0 Å². The Balaban J connectivity index is 3.80. The minimum atomic E-state index is -3.60. The van der Waals surface area contributed by atoms with Crippen molar-refractivity contribution in [1.29, 1.82) is 0 Å². The van der Waals surface area contributed by atoms with Crippen LogP contribution in [-0.4, -0.2) is 19.2 Å². The van der Waals surface area contributed by atoms with Gasteiger partial charge in [0, 0.05) is 18.0 Å². The van der Waals surface area contributed by atoms with Gasteiger partial charge in [-0.2, -0.15) is 0 Å². The van der Waals surface area contributed by atoms with Crippen LogP contribution < -0.4 is 5.56 Å². The van der Waals surface area contributed by atoms with E-state index in [9.17, 15) is 13.2 Å². The van der Waals surface area contributed by atoms with Gasteiger partial charge in [-0.05, 0) is 26.8 Å². The summed E-state index contributed by atoms with van der Waals surface area (Å²) in [5.74, 6) is 0. The molecule has 4 nitrogen and oxygen atoms in total. The second kappa shape index (κ2) is 4.22. The predicted octanol–water partition coefficient (Wildman–Crippen LogP) is 1.79. The van der Waals surface area contributed by atoms with Crippen LogP contribution in [0.5, 0.6) is 0 Å². The fourth-order valence-electron chi connectivity index (χ4n) is 1.67. The van der Waals surface area contributed by atoms with Crippen LogP contribution in [-0.2, 0) is 9.84 Å². The zero-order valence-electron chi connectivity index (χ0n) is 9.61. The molecule has 0 unspecified atom stereocenters. The number of halogens is 1. The van der Waals surface area contributed by atoms with E-state index in [0.29, 0.717) is 5.69 Å². The summed E-state index contributed by atoms with van der Waals surface area (Å²) < 4.78 is 24.3. The highest BCUT2D eigenvalue weighted by molar-refractivity contribution is 7.90. The van der Waals surface area contributed by atoms with E-state index in [4.69, 9.17) is 11.6 Å². The third kappa shape index (κ3) is 2.30. The molecule has 0 aliphatic heterocycles. The Morgan fingerprint density at radius 3 is 2.25 bits per heavy atom. The van der Waals surface area contributed by atoms with Crippen molar-refractivity contribution in [2.45, 2.75) is 31.7 Å². The molecule has 1 aromatic rings. The Bertz CT molecular complexity index is 572. The van der Waals surface area contributed by atoms with Gasteiger partial charge in [-0.1, -0.05) is 11.6 Å². The van der Waals surface area contributed by atoms with Gasteiger partial charge in [0.2, 0.25) is 0 Å². The van der Waals surface area contributed by atoms with Gasteiger partial charge in [0.05, 0.1) is 5.02 Å². The summed E-state index contributed by atoms with van der Waals surface area (Å²) in [6, 6.07) is 1.39. The zero-order chi connectivity index (χ0) is 12.7. The number of pyridine rings is 1. The Morgan fingerprint density at radius 2 is 1.88 bits per heavy atom. The summed E-state index contributed by atoms with van der Waals surface area (Å²) in [4.78, 5) is 11.7. The van der Waals surface area contributed by atoms with Crippen molar-refractivity contribution >= 4 is 21.4 Å². The fourth-order valence-corrected chi connectivity index (χ4v) is 3.16. The summed E-state index contributed by atoms with van der Waals surface area (Å²) in [7, 11) is -3.60. The molecule has 0 aliphatic carbocycles. The van der Waals surface area contributed by atoms with Crippen molar-refractivity contribution in [2.24, 2.45) is 0 Å². The highest BCUT2D eigenvalue weighted by atomic mass is 35.5. The fraction of sp³-hybridized carbons (Fsp3) is 0.500. The molecule has 0 amide bonds. The third-order valence-corrected chi connectivity index (χ3v) is 3.78. The highest BCUT2D eigenvalue weighted by Crippen LogP contribution is 2.20. The van der Waals surface area contributed by atoms with Gasteiger partial charge in [-0.3, -0.25) is 4.79 Å². The molecule has 1 aromatic heterocycles. The molecule has 90 valence electrons. The number of sulfone groups is 1. The molecule has 0 aliphatic rings. The van der Waals surface area contributed by atoms with Gasteiger partial charge < -0.3 is 4.57 Å². The molecule has 1 rings (SSSR count). The van der Waals surface area contributed by atoms with Gasteiger partial charge in [-0.15, -0.1) is 0 Å². The lowest BCUT2D eigenvalue weighted by atomic mass is 10.3. The van der Waals surface area contributed by atoms with Gasteiger partial charge in [0.15, 0.2) is 14.7 Å². The average Bonchev–Trinajstić information content (AvgIpc) is 1.97. The molecular weight excluding hydrogens is 250 g/mol. The van der Waals surface area contributed by atoms with E-state index in [-0.39, 0.29) is 16.0 Å². The van der Waals surface area contributed by atoms with E-state index in [2.05, 4.69) is 0 Å². The number of aryl methyl sites for hydroxylation is 1. The van der Waals surface area contributed by atoms with Gasteiger partial charge in [0.1, 0.15) is 0 Å². The number of rotatable bonds is 2. The Labute approximate surface area is 99.8 Å². The number of nitrogens with zero attached hydrogens (tertiary/aromatic N) is 1. The SMILES string of the molecule is Cc1cc(Cl)c(S(C)(=O)=O)c(=O)n1C(C)C. The quantitative estimate of drug-likeness (QED) is 0.818. The van der Waals surface area contributed by atoms with Crippen LogP contribution in [0.3, 0.4) is 0 Å². The summed E-state index contributed by atoms with van der Waals surface area (Å²) in [6.07, 6.45) is 0.982. The average molecular weight is 264 g/mol. The first-order valence-electron chi connectivity index (χ1n) is 4.78. The molecule has 1 heterocycles. The summed E-state index contributed by atoms with van der Waals surface area (Å²) >= 11 is 5.80. The molecule has 0 spiro atoms. The number of hydrogen-bond donors (Lipinski definition) is 0. The molecule has 0 aromatic carbocycles. The summed E-state index contributed by atoms with van der Waals surface area (Å²) in [6.45, 7) is 5.35.